The molecule has 3 aromatic carbocycles. The van der Waals surface area contributed by atoms with E-state index in [1.165, 1.54) is 39.7 Å². The average molecular weight is 634 g/mol. The molecule has 3 aromatic rings. The molecular formula is C26H22Br2N2O7. The van der Waals surface area contributed by atoms with Crippen molar-refractivity contribution >= 4 is 50.0 Å². The van der Waals surface area contributed by atoms with E-state index < -0.39 is 5.97 Å². The van der Waals surface area contributed by atoms with E-state index in [1.54, 1.807) is 24.3 Å². The quantitative estimate of drug-likeness (QED) is 0.156. The molecule has 0 spiro atoms. The summed E-state index contributed by atoms with van der Waals surface area (Å²) in [5.74, 6) is 0.135. The second kappa shape index (κ2) is 11.8. The maximum Gasteiger partial charge on any atom is 0.343 e. The van der Waals surface area contributed by atoms with Gasteiger partial charge in [0.1, 0.15) is 0 Å². The minimum absolute atomic E-state index is 0.182. The lowest BCUT2D eigenvalue weighted by atomic mass is 10.1. The van der Waals surface area contributed by atoms with Crippen LogP contribution in [0.4, 0.5) is 0 Å². The van der Waals surface area contributed by atoms with Crippen LogP contribution in [0.15, 0.2) is 56.5 Å². The summed E-state index contributed by atoms with van der Waals surface area (Å²) < 4.78 is 28.3. The zero-order valence-corrected chi connectivity index (χ0v) is 23.3. The molecule has 1 N–H and O–H groups in total. The number of nitrogens with zero attached hydrogens (tertiary/aromatic N) is 1. The summed E-state index contributed by atoms with van der Waals surface area (Å²) in [7, 11) is 4.38. The van der Waals surface area contributed by atoms with Gasteiger partial charge in [-0.3, -0.25) is 4.79 Å². The molecule has 0 aliphatic carbocycles. The van der Waals surface area contributed by atoms with Gasteiger partial charge in [0, 0.05) is 15.6 Å². The summed E-state index contributed by atoms with van der Waals surface area (Å²) in [6.07, 6.45) is 1.39. The van der Waals surface area contributed by atoms with Crippen LogP contribution in [0.2, 0.25) is 0 Å². The van der Waals surface area contributed by atoms with Gasteiger partial charge in [-0.1, -0.05) is 22.0 Å². The van der Waals surface area contributed by atoms with Crippen LogP contribution in [0.1, 0.15) is 37.4 Å². The first kappa shape index (κ1) is 26.6. The molecule has 37 heavy (non-hydrogen) atoms. The van der Waals surface area contributed by atoms with Crippen LogP contribution < -0.4 is 24.4 Å². The van der Waals surface area contributed by atoms with Gasteiger partial charge < -0.3 is 23.7 Å². The Morgan fingerprint density at radius 2 is 1.59 bits per heavy atom. The van der Waals surface area contributed by atoms with Gasteiger partial charge in [0.15, 0.2) is 17.2 Å². The Balaban J connectivity index is 1.56. The minimum Gasteiger partial charge on any atom is -0.493 e. The molecule has 11 heteroatoms. The molecule has 0 atom stereocenters. The predicted octanol–water partition coefficient (Wildman–Crippen LogP) is 5.25. The van der Waals surface area contributed by atoms with Crippen molar-refractivity contribution < 1.29 is 33.3 Å². The number of fused-ring (bicyclic) bond motifs is 1. The first-order valence-electron chi connectivity index (χ1n) is 10.9. The van der Waals surface area contributed by atoms with Crippen LogP contribution >= 0.6 is 31.9 Å². The molecule has 0 unspecified atom stereocenters. The monoisotopic (exact) mass is 632 g/mol. The van der Waals surface area contributed by atoms with Crippen molar-refractivity contribution in [2.45, 2.75) is 13.2 Å². The van der Waals surface area contributed by atoms with Crippen molar-refractivity contribution in [2.75, 3.05) is 21.3 Å². The number of carbonyl (C=O) groups excluding carboxylic acids is 2. The van der Waals surface area contributed by atoms with Crippen LogP contribution in [0, 0.1) is 0 Å². The maximum atomic E-state index is 13.1. The van der Waals surface area contributed by atoms with E-state index in [1.807, 2.05) is 6.07 Å². The van der Waals surface area contributed by atoms with Gasteiger partial charge in [-0.05, 0) is 63.5 Å². The molecule has 192 valence electrons. The van der Waals surface area contributed by atoms with E-state index in [-0.39, 0.29) is 17.2 Å². The average Bonchev–Trinajstić information content (AvgIpc) is 3.37. The Labute approximate surface area is 230 Å². The van der Waals surface area contributed by atoms with Crippen molar-refractivity contribution in [2.24, 2.45) is 5.10 Å². The molecule has 1 amide bonds. The van der Waals surface area contributed by atoms with E-state index in [2.05, 4.69) is 42.4 Å². The van der Waals surface area contributed by atoms with Crippen molar-refractivity contribution in [3.8, 4) is 23.0 Å². The summed E-state index contributed by atoms with van der Waals surface area (Å²) in [5, 5.41) is 4.07. The number of hydrogen-bond acceptors (Lipinski definition) is 8. The molecule has 1 heterocycles. The van der Waals surface area contributed by atoms with E-state index in [4.69, 9.17) is 23.7 Å². The lowest BCUT2D eigenvalue weighted by Gasteiger charge is -2.15. The van der Waals surface area contributed by atoms with Gasteiger partial charge >= 0.3 is 5.97 Å². The number of methoxy groups -OCH3 is 3. The molecule has 0 fully saturated rings. The number of esters is 1. The number of hydrogen-bond donors (Lipinski definition) is 1. The Hall–Kier alpha value is -3.41. The summed E-state index contributed by atoms with van der Waals surface area (Å²) in [4.78, 5) is 25.7. The predicted molar refractivity (Wildman–Crippen MR) is 143 cm³/mol. The van der Waals surface area contributed by atoms with Crippen molar-refractivity contribution in [1.29, 1.82) is 0 Å². The number of nitrogens with one attached hydrogen (secondary N) is 1. The number of ether oxygens (including phenoxy) is 5. The van der Waals surface area contributed by atoms with Gasteiger partial charge in [0.05, 0.1) is 50.8 Å². The molecule has 0 aromatic heterocycles. The lowest BCUT2D eigenvalue weighted by molar-refractivity contribution is 0.0732. The van der Waals surface area contributed by atoms with Gasteiger partial charge in [0.25, 0.3) is 5.91 Å². The molecular weight excluding hydrogens is 612 g/mol. The first-order chi connectivity index (χ1) is 17.8. The third kappa shape index (κ3) is 5.95. The molecule has 1 aliphatic rings. The van der Waals surface area contributed by atoms with Crippen LogP contribution in [0.25, 0.3) is 0 Å². The standard InChI is InChI=1S/C26H22Br2N2O7/c1-33-21-8-16(9-22(34-2)24(21)35-3)26(32)37-23-17(7-19(27)10-20(23)28)11-29-30-25(31)14-4-5-15-12-36-13-18(15)6-14/h4-11H,12-13H2,1-3H3,(H,30,31). The van der Waals surface area contributed by atoms with Crippen molar-refractivity contribution in [1.82, 2.24) is 5.43 Å². The highest BCUT2D eigenvalue weighted by Crippen LogP contribution is 2.39. The van der Waals surface area contributed by atoms with Crippen molar-refractivity contribution in [3.05, 3.63) is 79.2 Å². The fourth-order valence-corrected chi connectivity index (χ4v) is 5.01. The Morgan fingerprint density at radius 3 is 2.27 bits per heavy atom. The second-order valence-corrected chi connectivity index (χ2v) is 9.55. The van der Waals surface area contributed by atoms with Crippen LogP contribution in [-0.4, -0.2) is 39.4 Å². The van der Waals surface area contributed by atoms with Gasteiger partial charge in [-0.2, -0.15) is 5.10 Å². The summed E-state index contributed by atoms with van der Waals surface area (Å²) >= 11 is 6.85. The third-order valence-electron chi connectivity index (χ3n) is 5.49. The molecule has 1 aliphatic heterocycles. The molecule has 0 radical (unpaired) electrons. The summed E-state index contributed by atoms with van der Waals surface area (Å²) in [5.41, 5.74) is 5.63. The van der Waals surface area contributed by atoms with E-state index >= 15 is 0 Å². The number of hydrazone groups is 1. The van der Waals surface area contributed by atoms with Gasteiger partial charge in [-0.15, -0.1) is 0 Å². The number of benzene rings is 3. The highest BCUT2D eigenvalue weighted by molar-refractivity contribution is 9.11. The molecule has 0 saturated heterocycles. The third-order valence-corrected chi connectivity index (χ3v) is 6.53. The normalized spacial score (nSPS) is 12.2. The fraction of sp³-hybridized carbons (Fsp3) is 0.192. The Morgan fingerprint density at radius 1 is 0.892 bits per heavy atom. The number of halogens is 2. The Kier molecular flexibility index (Phi) is 8.47. The second-order valence-electron chi connectivity index (χ2n) is 7.78. The first-order valence-corrected chi connectivity index (χ1v) is 12.5. The highest BCUT2D eigenvalue weighted by Gasteiger charge is 2.21. The molecule has 9 nitrogen and oxygen atoms in total. The molecule has 4 rings (SSSR count). The minimum atomic E-state index is -0.665. The highest BCUT2D eigenvalue weighted by atomic mass is 79.9. The van der Waals surface area contributed by atoms with E-state index in [0.29, 0.717) is 50.5 Å². The van der Waals surface area contributed by atoms with Crippen molar-refractivity contribution in [3.63, 3.8) is 0 Å². The zero-order chi connectivity index (χ0) is 26.5. The van der Waals surface area contributed by atoms with Crippen LogP contribution in [0.5, 0.6) is 23.0 Å². The van der Waals surface area contributed by atoms with Crippen LogP contribution in [0.3, 0.4) is 0 Å². The Bertz CT molecular complexity index is 1370. The number of rotatable bonds is 8. The molecule has 0 saturated carbocycles. The van der Waals surface area contributed by atoms with Gasteiger partial charge in [-0.25, -0.2) is 10.2 Å². The summed E-state index contributed by atoms with van der Waals surface area (Å²) in [6, 6.07) is 11.8. The maximum absolute atomic E-state index is 13.1. The largest absolute Gasteiger partial charge is 0.493 e. The van der Waals surface area contributed by atoms with Crippen LogP contribution in [-0.2, 0) is 18.0 Å². The lowest BCUT2D eigenvalue weighted by Crippen LogP contribution is -2.18. The number of carbonyl (C=O) groups is 2. The summed E-state index contributed by atoms with van der Waals surface area (Å²) in [6.45, 7) is 1.02. The van der Waals surface area contributed by atoms with E-state index in [9.17, 15) is 9.59 Å². The smallest absolute Gasteiger partial charge is 0.343 e. The van der Waals surface area contributed by atoms with Gasteiger partial charge in [0.2, 0.25) is 5.75 Å². The van der Waals surface area contributed by atoms with E-state index in [0.717, 1.165) is 11.1 Å². The number of amides is 1. The molecule has 0 bridgehead atoms. The topological polar surface area (TPSA) is 105 Å². The zero-order valence-electron chi connectivity index (χ0n) is 20.1. The SMILES string of the molecule is COc1cc(C(=O)Oc2c(Br)cc(Br)cc2C=NNC(=O)c2ccc3c(c2)COC3)cc(OC)c1OC. The fourth-order valence-electron chi connectivity index (χ4n) is 3.67.